The molecule has 0 aliphatic carbocycles. The third-order valence-corrected chi connectivity index (χ3v) is 6.06. The molecule has 1 aliphatic rings. The third-order valence-electron chi connectivity index (χ3n) is 4.30. The average molecular weight is 391 g/mol. The Morgan fingerprint density at radius 3 is 2.26 bits per heavy atom. The lowest BCUT2D eigenvalue weighted by Gasteiger charge is -2.19. The first-order valence-electron chi connectivity index (χ1n) is 8.47. The Labute approximate surface area is 158 Å². The molecule has 1 unspecified atom stereocenters. The van der Waals surface area contributed by atoms with Crippen molar-refractivity contribution in [3.63, 3.8) is 0 Å². The van der Waals surface area contributed by atoms with E-state index < -0.39 is 14.8 Å². The lowest BCUT2D eigenvalue weighted by Crippen LogP contribution is -2.11. The van der Waals surface area contributed by atoms with E-state index >= 15 is 0 Å². The summed E-state index contributed by atoms with van der Waals surface area (Å²) in [5.41, 5.74) is 0.637. The van der Waals surface area contributed by atoms with Crippen molar-refractivity contribution in [3.8, 4) is 5.75 Å². The van der Waals surface area contributed by atoms with E-state index in [1.54, 1.807) is 24.3 Å². The zero-order chi connectivity index (χ0) is 19.8. The summed E-state index contributed by atoms with van der Waals surface area (Å²) in [4.78, 5) is 10.7. The van der Waals surface area contributed by atoms with Crippen LogP contribution in [-0.4, -0.2) is 32.7 Å². The van der Waals surface area contributed by atoms with Crippen molar-refractivity contribution in [1.29, 1.82) is 0 Å². The molecule has 0 radical (unpaired) electrons. The average Bonchev–Trinajstić information content (AvgIpc) is 3.43. The highest BCUT2D eigenvalue weighted by Gasteiger charge is 2.27. The lowest BCUT2D eigenvalue weighted by atomic mass is 9.87. The SMILES string of the molecule is CC(C)(C)c1ccc(S(=O)(=O)c2ccc([N+](=O)[O-])c(OCC3CO3)c2)cc1. The molecule has 0 spiro atoms. The van der Waals surface area contributed by atoms with Crippen LogP contribution in [0, 0.1) is 10.1 Å². The first kappa shape index (κ1) is 19.3. The Kier molecular flexibility index (Phi) is 4.96. The summed E-state index contributed by atoms with van der Waals surface area (Å²) in [6.45, 7) is 6.80. The molecule has 0 amide bonds. The number of hydrogen-bond donors (Lipinski definition) is 0. The van der Waals surface area contributed by atoms with Crippen LogP contribution in [0.2, 0.25) is 0 Å². The minimum Gasteiger partial charge on any atom is -0.484 e. The van der Waals surface area contributed by atoms with Crippen molar-refractivity contribution in [2.45, 2.75) is 42.1 Å². The van der Waals surface area contributed by atoms with E-state index in [2.05, 4.69) is 0 Å². The fraction of sp³-hybridized carbons (Fsp3) is 0.368. The molecular formula is C19H21NO6S. The van der Waals surface area contributed by atoms with Gasteiger partial charge >= 0.3 is 5.69 Å². The quantitative estimate of drug-likeness (QED) is 0.424. The molecule has 0 N–H and O–H groups in total. The third kappa shape index (κ3) is 4.28. The normalized spacial score (nSPS) is 16.8. The van der Waals surface area contributed by atoms with Crippen molar-refractivity contribution in [1.82, 2.24) is 0 Å². The molecule has 27 heavy (non-hydrogen) atoms. The summed E-state index contributed by atoms with van der Waals surface area (Å²) in [7, 11) is -3.82. The van der Waals surface area contributed by atoms with Crippen LogP contribution in [0.4, 0.5) is 5.69 Å². The summed E-state index contributed by atoms with van der Waals surface area (Å²) >= 11 is 0. The number of hydrogen-bond acceptors (Lipinski definition) is 6. The number of rotatable bonds is 6. The molecule has 8 heteroatoms. The van der Waals surface area contributed by atoms with Crippen molar-refractivity contribution in [2.75, 3.05) is 13.2 Å². The predicted octanol–water partition coefficient (Wildman–Crippen LogP) is 3.50. The second kappa shape index (κ2) is 6.94. The largest absolute Gasteiger partial charge is 0.484 e. The van der Waals surface area contributed by atoms with Gasteiger partial charge in [-0.2, -0.15) is 0 Å². The number of sulfone groups is 1. The fourth-order valence-electron chi connectivity index (χ4n) is 2.55. The molecule has 7 nitrogen and oxygen atoms in total. The van der Waals surface area contributed by atoms with Gasteiger partial charge in [0.2, 0.25) is 9.84 Å². The highest BCUT2D eigenvalue weighted by atomic mass is 32.2. The molecule has 0 saturated carbocycles. The van der Waals surface area contributed by atoms with Crippen LogP contribution in [0.25, 0.3) is 0 Å². The Morgan fingerprint density at radius 1 is 1.15 bits per heavy atom. The van der Waals surface area contributed by atoms with E-state index in [9.17, 15) is 18.5 Å². The number of benzene rings is 2. The van der Waals surface area contributed by atoms with Gasteiger partial charge in [0.15, 0.2) is 5.75 Å². The maximum absolute atomic E-state index is 12.9. The number of ether oxygens (including phenoxy) is 2. The molecule has 1 fully saturated rings. The first-order chi connectivity index (χ1) is 12.6. The van der Waals surface area contributed by atoms with Crippen molar-refractivity contribution in [2.24, 2.45) is 0 Å². The second-order valence-corrected chi connectivity index (χ2v) is 9.38. The Morgan fingerprint density at radius 2 is 1.74 bits per heavy atom. The molecule has 2 aromatic rings. The number of epoxide rings is 1. The summed E-state index contributed by atoms with van der Waals surface area (Å²) in [6.07, 6.45) is -0.102. The van der Waals surface area contributed by atoms with Gasteiger partial charge in [-0.1, -0.05) is 32.9 Å². The second-order valence-electron chi connectivity index (χ2n) is 7.43. The van der Waals surface area contributed by atoms with Gasteiger partial charge in [-0.3, -0.25) is 10.1 Å². The molecule has 3 rings (SSSR count). The van der Waals surface area contributed by atoms with E-state index in [-0.39, 0.29) is 39.4 Å². The van der Waals surface area contributed by atoms with Gasteiger partial charge in [0, 0.05) is 12.1 Å². The Bertz CT molecular complexity index is 957. The smallest absolute Gasteiger partial charge is 0.311 e. The summed E-state index contributed by atoms with van der Waals surface area (Å²) < 4.78 is 36.3. The van der Waals surface area contributed by atoms with Gasteiger partial charge in [0.1, 0.15) is 12.7 Å². The summed E-state index contributed by atoms with van der Waals surface area (Å²) in [5, 5.41) is 11.2. The molecule has 1 saturated heterocycles. The van der Waals surface area contributed by atoms with Crippen molar-refractivity contribution < 1.29 is 22.8 Å². The molecule has 144 valence electrons. The monoisotopic (exact) mass is 391 g/mol. The first-order valence-corrected chi connectivity index (χ1v) is 9.96. The highest BCUT2D eigenvalue weighted by Crippen LogP contribution is 2.33. The van der Waals surface area contributed by atoms with E-state index in [4.69, 9.17) is 9.47 Å². The summed E-state index contributed by atoms with van der Waals surface area (Å²) in [6, 6.07) is 10.2. The van der Waals surface area contributed by atoms with E-state index in [1.807, 2.05) is 20.8 Å². The molecule has 0 bridgehead atoms. The van der Waals surface area contributed by atoms with Crippen LogP contribution in [0.5, 0.6) is 5.75 Å². The molecule has 2 aromatic carbocycles. The van der Waals surface area contributed by atoms with E-state index in [0.717, 1.165) is 11.6 Å². The zero-order valence-corrected chi connectivity index (χ0v) is 16.2. The lowest BCUT2D eigenvalue weighted by molar-refractivity contribution is -0.385. The van der Waals surface area contributed by atoms with Crippen molar-refractivity contribution in [3.05, 3.63) is 58.1 Å². The highest BCUT2D eigenvalue weighted by molar-refractivity contribution is 7.91. The zero-order valence-electron chi connectivity index (χ0n) is 15.3. The summed E-state index contributed by atoms with van der Waals surface area (Å²) in [5.74, 6) is -0.0807. The maximum Gasteiger partial charge on any atom is 0.311 e. The molecular weight excluding hydrogens is 370 g/mol. The van der Waals surface area contributed by atoms with Gasteiger partial charge in [-0.15, -0.1) is 0 Å². The standard InChI is InChI=1S/C19H21NO6S/c1-19(2,3)13-4-6-15(7-5-13)27(23,24)16-8-9-17(20(21)22)18(10-16)26-12-14-11-25-14/h4-10,14H,11-12H2,1-3H3. The molecule has 1 heterocycles. The number of nitrogens with zero attached hydrogens (tertiary/aromatic N) is 1. The Hall–Kier alpha value is -2.45. The Balaban J connectivity index is 1.95. The number of nitro groups is 1. The molecule has 1 atom stereocenters. The van der Waals surface area contributed by atoms with Crippen LogP contribution in [-0.2, 0) is 20.0 Å². The van der Waals surface area contributed by atoms with Crippen LogP contribution in [0.1, 0.15) is 26.3 Å². The fourth-order valence-corrected chi connectivity index (χ4v) is 3.82. The van der Waals surface area contributed by atoms with Crippen LogP contribution < -0.4 is 4.74 Å². The van der Waals surface area contributed by atoms with Gasteiger partial charge in [-0.05, 0) is 29.2 Å². The van der Waals surface area contributed by atoms with Gasteiger partial charge in [-0.25, -0.2) is 8.42 Å². The van der Waals surface area contributed by atoms with E-state index in [1.165, 1.54) is 12.1 Å². The van der Waals surface area contributed by atoms with E-state index in [0.29, 0.717) is 6.61 Å². The van der Waals surface area contributed by atoms with Gasteiger partial charge in [0.25, 0.3) is 0 Å². The van der Waals surface area contributed by atoms with Crippen LogP contribution in [0.15, 0.2) is 52.3 Å². The predicted molar refractivity (Wildman–Crippen MR) is 98.9 cm³/mol. The maximum atomic E-state index is 12.9. The van der Waals surface area contributed by atoms with Crippen LogP contribution >= 0.6 is 0 Å². The van der Waals surface area contributed by atoms with Crippen molar-refractivity contribution >= 4 is 15.5 Å². The minimum absolute atomic E-state index is 0.0525. The molecule has 0 aromatic heterocycles. The number of nitro benzene ring substituents is 1. The van der Waals surface area contributed by atoms with Gasteiger partial charge in [0.05, 0.1) is 21.3 Å². The minimum atomic E-state index is -3.82. The topological polar surface area (TPSA) is 99.0 Å². The van der Waals surface area contributed by atoms with Gasteiger partial charge < -0.3 is 9.47 Å². The molecule has 1 aliphatic heterocycles. The van der Waals surface area contributed by atoms with Crippen LogP contribution in [0.3, 0.4) is 0 Å².